The lowest BCUT2D eigenvalue weighted by Gasteiger charge is -2.23. The molecule has 2 heterocycles. The van der Waals surface area contributed by atoms with Gasteiger partial charge in [0.15, 0.2) is 0 Å². The average molecular weight is 349 g/mol. The van der Waals surface area contributed by atoms with Crippen LogP contribution in [0, 0.1) is 11.3 Å². The molecule has 4 rings (SSSR count). The maximum Gasteiger partial charge on any atom is 0.226 e. The van der Waals surface area contributed by atoms with Gasteiger partial charge in [-0.25, -0.2) is 4.98 Å². The first kappa shape index (κ1) is 15.4. The molecule has 1 aromatic heterocycles. The minimum atomic E-state index is -0.134. The number of carbonyl (C=O) groups is 1. The van der Waals surface area contributed by atoms with Crippen molar-refractivity contribution in [2.45, 2.75) is 12.3 Å². The Morgan fingerprint density at radius 1 is 1.16 bits per heavy atom. The third-order valence-corrected chi connectivity index (χ3v) is 4.57. The fourth-order valence-electron chi connectivity index (χ4n) is 3.07. The van der Waals surface area contributed by atoms with Crippen LogP contribution in [0.15, 0.2) is 54.9 Å². The van der Waals surface area contributed by atoms with E-state index in [2.05, 4.69) is 16.4 Å². The first-order chi connectivity index (χ1) is 12.2. The van der Waals surface area contributed by atoms with Gasteiger partial charge in [0.1, 0.15) is 12.1 Å². The Labute approximate surface area is 149 Å². The predicted molar refractivity (Wildman–Crippen MR) is 94.8 cm³/mol. The molecular weight excluding hydrogens is 336 g/mol. The second kappa shape index (κ2) is 6.08. The zero-order valence-corrected chi connectivity index (χ0v) is 13.9. The number of benzene rings is 2. The van der Waals surface area contributed by atoms with Crippen LogP contribution in [0.2, 0.25) is 5.02 Å². The molecule has 1 aliphatic heterocycles. The number of carbonyl (C=O) groups excluding carboxylic acids is 1. The van der Waals surface area contributed by atoms with Crippen LogP contribution in [0.25, 0.3) is 5.69 Å². The Kier molecular flexibility index (Phi) is 3.75. The van der Waals surface area contributed by atoms with Crippen molar-refractivity contribution in [2.75, 3.05) is 5.32 Å². The summed E-state index contributed by atoms with van der Waals surface area (Å²) < 4.78 is 1.85. The summed E-state index contributed by atoms with van der Waals surface area (Å²) in [7, 11) is 0. The van der Waals surface area contributed by atoms with Crippen molar-refractivity contribution in [3.8, 4) is 11.8 Å². The maximum atomic E-state index is 12.2. The van der Waals surface area contributed by atoms with Crippen LogP contribution >= 0.6 is 11.6 Å². The molecule has 25 heavy (non-hydrogen) atoms. The molecule has 0 bridgehead atoms. The number of fused-ring (bicyclic) bond motifs is 1. The van der Waals surface area contributed by atoms with Gasteiger partial charge < -0.3 is 5.32 Å². The molecule has 1 atom stereocenters. The van der Waals surface area contributed by atoms with Crippen LogP contribution in [0.4, 0.5) is 5.82 Å². The van der Waals surface area contributed by atoms with E-state index < -0.39 is 0 Å². The Morgan fingerprint density at radius 3 is 2.56 bits per heavy atom. The number of hydrogen-bond acceptors (Lipinski definition) is 3. The van der Waals surface area contributed by atoms with E-state index in [1.54, 1.807) is 30.6 Å². The number of nitrogens with one attached hydrogen (secondary N) is 1. The number of anilines is 1. The summed E-state index contributed by atoms with van der Waals surface area (Å²) >= 11 is 5.95. The van der Waals surface area contributed by atoms with Crippen LogP contribution in [0.5, 0.6) is 0 Å². The normalized spacial score (nSPS) is 16.0. The lowest BCUT2D eigenvalue weighted by molar-refractivity contribution is -0.116. The SMILES string of the molecule is N#Cc1ccc([C@@H]2CC(=O)Nc3c2ncn3-c2ccc(Cl)cc2)cc1. The van der Waals surface area contributed by atoms with Crippen LogP contribution in [-0.4, -0.2) is 15.5 Å². The highest BCUT2D eigenvalue weighted by Gasteiger charge is 2.30. The second-order valence-electron chi connectivity index (χ2n) is 5.86. The minimum absolute atomic E-state index is 0.0578. The topological polar surface area (TPSA) is 70.7 Å². The van der Waals surface area contributed by atoms with Crippen molar-refractivity contribution in [2.24, 2.45) is 0 Å². The van der Waals surface area contributed by atoms with Crippen molar-refractivity contribution in [3.05, 3.63) is 76.7 Å². The molecule has 3 aromatic rings. The monoisotopic (exact) mass is 348 g/mol. The van der Waals surface area contributed by atoms with E-state index in [0.717, 1.165) is 16.9 Å². The lowest BCUT2D eigenvalue weighted by atomic mass is 9.89. The maximum absolute atomic E-state index is 12.2. The Hall–Kier alpha value is -3.10. The number of nitriles is 1. The van der Waals surface area contributed by atoms with Crippen molar-refractivity contribution >= 4 is 23.3 Å². The van der Waals surface area contributed by atoms with E-state index in [9.17, 15) is 4.79 Å². The van der Waals surface area contributed by atoms with Gasteiger partial charge in [-0.05, 0) is 42.0 Å². The van der Waals surface area contributed by atoms with Crippen LogP contribution in [0.1, 0.15) is 29.2 Å². The van der Waals surface area contributed by atoms with Gasteiger partial charge in [0, 0.05) is 23.0 Å². The summed E-state index contributed by atoms with van der Waals surface area (Å²) in [5, 5.41) is 12.5. The molecular formula is C19H13ClN4O. The standard InChI is InChI=1S/C19H13ClN4O/c20-14-5-7-15(8-6-14)24-11-22-18-16(9-17(25)23-19(18)24)13-3-1-12(10-21)2-4-13/h1-8,11,16H,9H2,(H,23,25)/t16-/m0/s1. The van der Waals surface area contributed by atoms with E-state index in [1.165, 1.54) is 0 Å². The Morgan fingerprint density at radius 2 is 1.88 bits per heavy atom. The summed E-state index contributed by atoms with van der Waals surface area (Å²) in [6.07, 6.45) is 2.03. The van der Waals surface area contributed by atoms with Crippen molar-refractivity contribution in [1.29, 1.82) is 5.26 Å². The third-order valence-electron chi connectivity index (χ3n) is 4.32. The summed E-state index contributed by atoms with van der Waals surface area (Å²) in [6.45, 7) is 0. The summed E-state index contributed by atoms with van der Waals surface area (Å²) in [4.78, 5) is 16.8. The van der Waals surface area contributed by atoms with Crippen molar-refractivity contribution in [3.63, 3.8) is 0 Å². The second-order valence-corrected chi connectivity index (χ2v) is 6.30. The fraction of sp³-hybridized carbons (Fsp3) is 0.105. The molecule has 0 saturated carbocycles. The Bertz CT molecular complexity index is 984. The largest absolute Gasteiger partial charge is 0.310 e. The minimum Gasteiger partial charge on any atom is -0.310 e. The van der Waals surface area contributed by atoms with Crippen LogP contribution in [-0.2, 0) is 4.79 Å². The lowest BCUT2D eigenvalue weighted by Crippen LogP contribution is -2.24. The number of aromatic nitrogens is 2. The summed E-state index contributed by atoms with van der Waals surface area (Å²) in [5.41, 5.74) is 3.26. The van der Waals surface area contributed by atoms with Gasteiger partial charge in [0.2, 0.25) is 5.91 Å². The molecule has 6 heteroatoms. The molecule has 0 aliphatic carbocycles. The molecule has 0 radical (unpaired) electrons. The summed E-state index contributed by atoms with van der Waals surface area (Å²) in [5.74, 6) is 0.482. The van der Waals surface area contributed by atoms with Crippen LogP contribution in [0.3, 0.4) is 0 Å². The van der Waals surface area contributed by atoms with Gasteiger partial charge in [0.25, 0.3) is 0 Å². The molecule has 5 nitrogen and oxygen atoms in total. The van der Waals surface area contributed by atoms with E-state index >= 15 is 0 Å². The number of amides is 1. The van der Waals surface area contributed by atoms with E-state index in [-0.39, 0.29) is 11.8 Å². The number of imidazole rings is 1. The molecule has 0 unspecified atom stereocenters. The molecule has 1 N–H and O–H groups in total. The number of rotatable bonds is 2. The zero-order valence-electron chi connectivity index (χ0n) is 13.1. The smallest absolute Gasteiger partial charge is 0.226 e. The third kappa shape index (κ3) is 2.77. The van der Waals surface area contributed by atoms with Gasteiger partial charge >= 0.3 is 0 Å². The number of halogens is 1. The zero-order chi connectivity index (χ0) is 17.4. The molecule has 0 fully saturated rings. The van der Waals surface area contributed by atoms with Crippen LogP contribution < -0.4 is 5.32 Å². The quantitative estimate of drug-likeness (QED) is 0.764. The van der Waals surface area contributed by atoms with Crippen molar-refractivity contribution < 1.29 is 4.79 Å². The van der Waals surface area contributed by atoms with Gasteiger partial charge in [-0.3, -0.25) is 9.36 Å². The van der Waals surface area contributed by atoms with Gasteiger partial charge in [0.05, 0.1) is 17.3 Å². The molecule has 0 spiro atoms. The van der Waals surface area contributed by atoms with Gasteiger partial charge in [-0.15, -0.1) is 0 Å². The fourth-order valence-corrected chi connectivity index (χ4v) is 3.20. The molecule has 122 valence electrons. The highest BCUT2D eigenvalue weighted by atomic mass is 35.5. The first-order valence-electron chi connectivity index (χ1n) is 7.79. The molecule has 1 amide bonds. The van der Waals surface area contributed by atoms with Gasteiger partial charge in [-0.2, -0.15) is 5.26 Å². The highest BCUT2D eigenvalue weighted by molar-refractivity contribution is 6.30. The number of nitrogens with zero attached hydrogens (tertiary/aromatic N) is 3. The summed E-state index contributed by atoms with van der Waals surface area (Å²) in [6, 6.07) is 16.7. The predicted octanol–water partition coefficient (Wildman–Crippen LogP) is 3.87. The first-order valence-corrected chi connectivity index (χ1v) is 8.16. The molecule has 0 saturated heterocycles. The highest BCUT2D eigenvalue weighted by Crippen LogP contribution is 2.37. The van der Waals surface area contributed by atoms with Crippen molar-refractivity contribution in [1.82, 2.24) is 9.55 Å². The molecule has 2 aromatic carbocycles. The van der Waals surface area contributed by atoms with E-state index in [1.807, 2.05) is 28.8 Å². The number of hydrogen-bond donors (Lipinski definition) is 1. The Balaban J connectivity index is 1.78. The molecule has 1 aliphatic rings. The van der Waals surface area contributed by atoms with Gasteiger partial charge in [-0.1, -0.05) is 23.7 Å². The average Bonchev–Trinajstić information content (AvgIpc) is 3.05. The van der Waals surface area contributed by atoms with E-state index in [0.29, 0.717) is 22.8 Å². The van der Waals surface area contributed by atoms with E-state index in [4.69, 9.17) is 16.9 Å².